The molecule has 3 aromatic rings. The molecule has 4 rings (SSSR count). The van der Waals surface area contributed by atoms with Crippen LogP contribution in [-0.4, -0.2) is 35.5 Å². The zero-order chi connectivity index (χ0) is 22.3. The Labute approximate surface area is 185 Å². The van der Waals surface area contributed by atoms with Crippen LogP contribution in [0.4, 0.5) is 26.2 Å². The van der Waals surface area contributed by atoms with E-state index in [1.807, 2.05) is 4.90 Å². The number of rotatable bonds is 7. The maximum absolute atomic E-state index is 13.9. The van der Waals surface area contributed by atoms with E-state index in [2.05, 4.69) is 20.6 Å². The number of hydrogen-bond donors (Lipinski definition) is 2. The summed E-state index contributed by atoms with van der Waals surface area (Å²) in [6, 6.07) is 14.4. The number of nitrogens with zero attached hydrogens (tertiary/aromatic N) is 3. The summed E-state index contributed by atoms with van der Waals surface area (Å²) in [5.41, 5.74) is 1.32. The summed E-state index contributed by atoms with van der Waals surface area (Å²) < 4.78 is 26.9. The van der Waals surface area contributed by atoms with Gasteiger partial charge in [0.15, 0.2) is 0 Å². The maximum atomic E-state index is 13.9. The van der Waals surface area contributed by atoms with Crippen LogP contribution in [0.15, 0.2) is 60.8 Å². The number of anilines is 3. The average molecular weight is 437 g/mol. The highest BCUT2D eigenvalue weighted by Gasteiger charge is 2.27. The van der Waals surface area contributed by atoms with Crippen molar-refractivity contribution in [2.45, 2.75) is 19.3 Å². The second-order valence-electron chi connectivity index (χ2n) is 7.80. The van der Waals surface area contributed by atoms with Crippen molar-refractivity contribution in [1.29, 1.82) is 0 Å². The number of hydrogen-bond acceptors (Lipinski definition) is 5. The molecule has 8 heteroatoms. The van der Waals surface area contributed by atoms with E-state index >= 15 is 0 Å². The van der Waals surface area contributed by atoms with Gasteiger partial charge in [-0.25, -0.2) is 13.8 Å². The lowest BCUT2D eigenvalue weighted by Crippen LogP contribution is -2.44. The van der Waals surface area contributed by atoms with Crippen LogP contribution in [-0.2, 0) is 11.2 Å². The number of amides is 1. The molecule has 1 fully saturated rings. The first kappa shape index (κ1) is 21.7. The minimum atomic E-state index is -0.358. The smallest absolute Gasteiger partial charge is 0.227 e. The first-order valence-corrected chi connectivity index (χ1v) is 10.7. The summed E-state index contributed by atoms with van der Waals surface area (Å²) in [5, 5.41) is 5.96. The molecule has 1 aromatic heterocycles. The molecule has 1 atom stereocenters. The molecule has 0 saturated carbocycles. The fraction of sp³-hybridized carbons (Fsp3) is 0.292. The van der Waals surface area contributed by atoms with Crippen LogP contribution in [0, 0.1) is 17.6 Å². The molecule has 166 valence electrons. The van der Waals surface area contributed by atoms with Gasteiger partial charge >= 0.3 is 0 Å². The minimum Gasteiger partial charge on any atom is -0.355 e. The standard InChI is InChI=1S/C24H25F2N5O/c25-19-9-7-17(8-10-19)11-13-27-23(32)18-4-3-15-31(16-18)24-28-14-12-22(30-24)29-21-6-2-1-5-20(21)26/h1-2,5-10,12,14,18H,3-4,11,13,15-16H2,(H,27,32)(H,28,29,30). The molecule has 1 unspecified atom stereocenters. The van der Waals surface area contributed by atoms with Crippen molar-refractivity contribution in [1.82, 2.24) is 15.3 Å². The van der Waals surface area contributed by atoms with Gasteiger partial charge in [-0.3, -0.25) is 4.79 Å². The second-order valence-corrected chi connectivity index (χ2v) is 7.80. The van der Waals surface area contributed by atoms with Gasteiger partial charge in [0, 0.05) is 25.8 Å². The van der Waals surface area contributed by atoms with Crippen molar-refractivity contribution in [2.24, 2.45) is 5.92 Å². The summed E-state index contributed by atoms with van der Waals surface area (Å²) in [4.78, 5) is 23.5. The van der Waals surface area contributed by atoms with Gasteiger partial charge < -0.3 is 15.5 Å². The van der Waals surface area contributed by atoms with Gasteiger partial charge in [-0.15, -0.1) is 0 Å². The first-order valence-electron chi connectivity index (χ1n) is 10.7. The summed E-state index contributed by atoms with van der Waals surface area (Å²) in [7, 11) is 0. The lowest BCUT2D eigenvalue weighted by molar-refractivity contribution is -0.125. The maximum Gasteiger partial charge on any atom is 0.227 e. The van der Waals surface area contributed by atoms with Crippen molar-refractivity contribution in [3.05, 3.63) is 78.0 Å². The Balaban J connectivity index is 1.33. The van der Waals surface area contributed by atoms with Gasteiger partial charge in [-0.2, -0.15) is 4.98 Å². The van der Waals surface area contributed by atoms with Gasteiger partial charge in [0.1, 0.15) is 17.5 Å². The van der Waals surface area contributed by atoms with Crippen molar-refractivity contribution >= 4 is 23.4 Å². The molecule has 0 bridgehead atoms. The van der Waals surface area contributed by atoms with Crippen LogP contribution in [0.5, 0.6) is 0 Å². The highest BCUT2D eigenvalue weighted by atomic mass is 19.1. The predicted molar refractivity (Wildman–Crippen MR) is 120 cm³/mol. The molecule has 6 nitrogen and oxygen atoms in total. The van der Waals surface area contributed by atoms with Crippen LogP contribution in [0.2, 0.25) is 0 Å². The van der Waals surface area contributed by atoms with Crippen LogP contribution < -0.4 is 15.5 Å². The van der Waals surface area contributed by atoms with Crippen molar-refractivity contribution in [2.75, 3.05) is 29.9 Å². The molecule has 0 spiro atoms. The van der Waals surface area contributed by atoms with Gasteiger partial charge in [-0.05, 0) is 55.2 Å². The molecule has 2 aromatic carbocycles. The summed E-state index contributed by atoms with van der Waals surface area (Å²) >= 11 is 0. The number of benzene rings is 2. The molecule has 1 saturated heterocycles. The number of aromatic nitrogens is 2. The molecule has 32 heavy (non-hydrogen) atoms. The van der Waals surface area contributed by atoms with E-state index in [0.29, 0.717) is 37.0 Å². The van der Waals surface area contributed by atoms with Gasteiger partial charge in [0.05, 0.1) is 11.6 Å². The van der Waals surface area contributed by atoms with E-state index in [1.54, 1.807) is 42.6 Å². The lowest BCUT2D eigenvalue weighted by atomic mass is 9.97. The largest absolute Gasteiger partial charge is 0.355 e. The first-order chi connectivity index (χ1) is 15.6. The third-order valence-corrected chi connectivity index (χ3v) is 5.48. The number of piperidine rings is 1. The number of nitrogens with one attached hydrogen (secondary N) is 2. The minimum absolute atomic E-state index is 0.00236. The van der Waals surface area contributed by atoms with E-state index in [1.165, 1.54) is 18.2 Å². The van der Waals surface area contributed by atoms with Crippen molar-refractivity contribution in [3.63, 3.8) is 0 Å². The number of para-hydroxylation sites is 1. The third kappa shape index (κ3) is 5.57. The highest BCUT2D eigenvalue weighted by Crippen LogP contribution is 2.23. The summed E-state index contributed by atoms with van der Waals surface area (Å²) in [6.45, 7) is 1.77. The second kappa shape index (κ2) is 10.2. The van der Waals surface area contributed by atoms with Crippen LogP contribution in [0.3, 0.4) is 0 Å². The number of carbonyl (C=O) groups is 1. The molecule has 1 aliphatic rings. The number of halogens is 2. The fourth-order valence-corrected chi connectivity index (χ4v) is 3.77. The highest BCUT2D eigenvalue weighted by molar-refractivity contribution is 5.79. The van der Waals surface area contributed by atoms with Gasteiger partial charge in [-0.1, -0.05) is 24.3 Å². The topological polar surface area (TPSA) is 70.2 Å². The predicted octanol–water partition coefficient (Wildman–Crippen LogP) is 4.07. The SMILES string of the molecule is O=C(NCCc1ccc(F)cc1)C1CCCN(c2nccc(Nc3ccccc3F)n2)C1. The molecular weight excluding hydrogens is 412 g/mol. The van der Waals surface area contributed by atoms with Gasteiger partial charge in [0.2, 0.25) is 11.9 Å². The van der Waals surface area contributed by atoms with E-state index in [9.17, 15) is 13.6 Å². The van der Waals surface area contributed by atoms with Crippen LogP contribution >= 0.6 is 0 Å². The van der Waals surface area contributed by atoms with Gasteiger partial charge in [0.25, 0.3) is 0 Å². The normalized spacial score (nSPS) is 15.9. The van der Waals surface area contributed by atoms with E-state index < -0.39 is 0 Å². The Morgan fingerprint density at radius 2 is 1.91 bits per heavy atom. The fourth-order valence-electron chi connectivity index (χ4n) is 3.77. The quantitative estimate of drug-likeness (QED) is 0.583. The summed E-state index contributed by atoms with van der Waals surface area (Å²) in [6.07, 6.45) is 3.92. The molecule has 0 aliphatic carbocycles. The molecule has 2 heterocycles. The summed E-state index contributed by atoms with van der Waals surface area (Å²) in [5.74, 6) is 0.209. The van der Waals surface area contributed by atoms with Crippen LogP contribution in [0.25, 0.3) is 0 Å². The third-order valence-electron chi connectivity index (χ3n) is 5.48. The Bertz CT molecular complexity index is 1060. The monoisotopic (exact) mass is 437 g/mol. The zero-order valence-corrected chi connectivity index (χ0v) is 17.6. The number of carbonyl (C=O) groups excluding carboxylic acids is 1. The van der Waals surface area contributed by atoms with Crippen molar-refractivity contribution in [3.8, 4) is 0 Å². The Hall–Kier alpha value is -3.55. The Morgan fingerprint density at radius 3 is 2.72 bits per heavy atom. The Morgan fingerprint density at radius 1 is 1.09 bits per heavy atom. The zero-order valence-electron chi connectivity index (χ0n) is 17.6. The van der Waals surface area contributed by atoms with E-state index in [-0.39, 0.29) is 23.5 Å². The molecule has 1 amide bonds. The van der Waals surface area contributed by atoms with Crippen LogP contribution in [0.1, 0.15) is 18.4 Å². The molecule has 0 radical (unpaired) electrons. The molecule has 2 N–H and O–H groups in total. The van der Waals surface area contributed by atoms with Crippen molar-refractivity contribution < 1.29 is 13.6 Å². The average Bonchev–Trinajstić information content (AvgIpc) is 2.82. The Kier molecular flexibility index (Phi) is 6.89. The van der Waals surface area contributed by atoms with E-state index in [0.717, 1.165) is 24.9 Å². The molecular formula is C24H25F2N5O. The lowest BCUT2D eigenvalue weighted by Gasteiger charge is -2.32. The molecule has 1 aliphatic heterocycles. The van der Waals surface area contributed by atoms with E-state index in [4.69, 9.17) is 0 Å².